The van der Waals surface area contributed by atoms with Crippen LogP contribution in [0.15, 0.2) is 60.7 Å². The number of carbonyl (C=O) groups is 1. The molecule has 3 aromatic carbocycles. The monoisotopic (exact) mass is 337 g/mol. The molecular formula is C19H15NO5. The van der Waals surface area contributed by atoms with Crippen LogP contribution in [0.1, 0.15) is 15.9 Å². The predicted molar refractivity (Wildman–Crippen MR) is 92.7 cm³/mol. The predicted octanol–water partition coefficient (Wildman–Crippen LogP) is 4.11. The van der Waals surface area contributed by atoms with E-state index in [9.17, 15) is 14.9 Å². The Morgan fingerprint density at radius 3 is 2.52 bits per heavy atom. The van der Waals surface area contributed by atoms with Crippen molar-refractivity contribution in [3.63, 3.8) is 0 Å². The number of nitro groups is 1. The number of ether oxygens (including phenoxy) is 2. The summed E-state index contributed by atoms with van der Waals surface area (Å²) < 4.78 is 10.4. The molecule has 126 valence electrons. The fourth-order valence-electron chi connectivity index (χ4n) is 2.52. The summed E-state index contributed by atoms with van der Waals surface area (Å²) in [4.78, 5) is 22.5. The minimum atomic E-state index is -0.720. The Bertz CT molecular complexity index is 951. The molecule has 0 fully saturated rings. The first-order valence-electron chi connectivity index (χ1n) is 7.56. The lowest BCUT2D eigenvalue weighted by molar-refractivity contribution is -0.385. The molecule has 0 aliphatic carbocycles. The van der Waals surface area contributed by atoms with Crippen molar-refractivity contribution in [1.82, 2.24) is 0 Å². The van der Waals surface area contributed by atoms with Gasteiger partial charge in [0, 0.05) is 6.07 Å². The van der Waals surface area contributed by atoms with E-state index >= 15 is 0 Å². The molecule has 0 heterocycles. The summed E-state index contributed by atoms with van der Waals surface area (Å²) in [6, 6.07) is 17.1. The molecule has 0 N–H and O–H groups in total. The summed E-state index contributed by atoms with van der Waals surface area (Å²) >= 11 is 0. The summed E-state index contributed by atoms with van der Waals surface area (Å²) in [6.45, 7) is 0.0346. The summed E-state index contributed by atoms with van der Waals surface area (Å²) in [6.07, 6.45) is 0. The first kappa shape index (κ1) is 16.4. The van der Waals surface area contributed by atoms with Gasteiger partial charge in [0.1, 0.15) is 17.9 Å². The molecule has 25 heavy (non-hydrogen) atoms. The summed E-state index contributed by atoms with van der Waals surface area (Å²) in [7, 11) is 1.61. The lowest BCUT2D eigenvalue weighted by Gasteiger charge is -2.07. The van der Waals surface area contributed by atoms with Crippen molar-refractivity contribution in [2.75, 3.05) is 7.11 Å². The van der Waals surface area contributed by atoms with Gasteiger partial charge < -0.3 is 9.47 Å². The highest BCUT2D eigenvalue weighted by molar-refractivity contribution is 5.93. The summed E-state index contributed by atoms with van der Waals surface area (Å²) in [5.41, 5.74) is 0.473. The molecule has 0 radical (unpaired) electrons. The van der Waals surface area contributed by atoms with Crippen LogP contribution in [0.4, 0.5) is 5.69 Å². The molecule has 0 bridgehead atoms. The van der Waals surface area contributed by atoms with Gasteiger partial charge in [0.2, 0.25) is 0 Å². The van der Waals surface area contributed by atoms with E-state index in [1.807, 2.05) is 36.4 Å². The van der Waals surface area contributed by atoms with Gasteiger partial charge >= 0.3 is 5.97 Å². The van der Waals surface area contributed by atoms with E-state index in [0.29, 0.717) is 0 Å². The van der Waals surface area contributed by atoms with Crippen molar-refractivity contribution in [3.05, 3.63) is 81.9 Å². The van der Waals surface area contributed by atoms with Crippen molar-refractivity contribution >= 4 is 22.4 Å². The third-order valence-electron chi connectivity index (χ3n) is 3.80. The highest BCUT2D eigenvalue weighted by atomic mass is 16.6. The number of rotatable bonds is 5. The van der Waals surface area contributed by atoms with E-state index in [1.54, 1.807) is 13.2 Å². The fourth-order valence-corrected chi connectivity index (χ4v) is 2.52. The Labute approximate surface area is 143 Å². The second kappa shape index (κ2) is 7.00. The molecule has 0 aliphatic heterocycles. The van der Waals surface area contributed by atoms with Gasteiger partial charge in [-0.3, -0.25) is 10.1 Å². The molecule has 6 nitrogen and oxygen atoms in total. The van der Waals surface area contributed by atoms with Gasteiger partial charge in [0.15, 0.2) is 0 Å². The van der Waals surface area contributed by atoms with Gasteiger partial charge in [-0.25, -0.2) is 4.79 Å². The zero-order chi connectivity index (χ0) is 17.8. The normalized spacial score (nSPS) is 10.4. The molecule has 3 rings (SSSR count). The lowest BCUT2D eigenvalue weighted by Crippen LogP contribution is -2.08. The molecule has 0 atom stereocenters. The van der Waals surface area contributed by atoms with Gasteiger partial charge in [-0.05, 0) is 40.6 Å². The van der Waals surface area contributed by atoms with Crippen LogP contribution in [0.5, 0.6) is 5.75 Å². The van der Waals surface area contributed by atoms with Crippen LogP contribution in [0.3, 0.4) is 0 Å². The molecule has 6 heteroatoms. The van der Waals surface area contributed by atoms with E-state index < -0.39 is 10.9 Å². The Hall–Kier alpha value is -3.41. The van der Waals surface area contributed by atoms with Gasteiger partial charge in [0.25, 0.3) is 5.69 Å². The zero-order valence-electron chi connectivity index (χ0n) is 13.5. The van der Waals surface area contributed by atoms with Crippen LogP contribution in [-0.2, 0) is 11.3 Å². The number of hydrogen-bond donors (Lipinski definition) is 0. The summed E-state index contributed by atoms with van der Waals surface area (Å²) in [5.74, 6) is 0.0465. The highest BCUT2D eigenvalue weighted by Crippen LogP contribution is 2.23. The standard InChI is InChI=1S/C19H15NO5/c1-24-16-9-8-14-10-13(6-7-15(14)11-16)12-25-19(21)17-4-2-3-5-18(17)20(22)23/h2-11H,12H2,1H3. The van der Waals surface area contributed by atoms with Crippen molar-refractivity contribution < 1.29 is 19.2 Å². The minimum absolute atomic E-state index is 0.0346. The number of nitrogens with zero attached hydrogens (tertiary/aromatic N) is 1. The summed E-state index contributed by atoms with van der Waals surface area (Å²) in [5, 5.41) is 13.0. The average Bonchev–Trinajstić information content (AvgIpc) is 2.65. The molecule has 3 aromatic rings. The number of methoxy groups -OCH3 is 1. The van der Waals surface area contributed by atoms with Gasteiger partial charge in [0.05, 0.1) is 12.0 Å². The van der Waals surface area contributed by atoms with Crippen LogP contribution in [0, 0.1) is 10.1 Å². The number of benzene rings is 3. The molecule has 0 amide bonds. The van der Waals surface area contributed by atoms with Crippen LogP contribution >= 0.6 is 0 Å². The Morgan fingerprint density at radius 1 is 1.04 bits per heavy atom. The van der Waals surface area contributed by atoms with Gasteiger partial charge in [-0.2, -0.15) is 0 Å². The second-order valence-electron chi connectivity index (χ2n) is 5.40. The SMILES string of the molecule is COc1ccc2cc(COC(=O)c3ccccc3[N+](=O)[O-])ccc2c1. The van der Waals surface area contributed by atoms with Crippen molar-refractivity contribution in [3.8, 4) is 5.75 Å². The molecule has 0 saturated carbocycles. The Morgan fingerprint density at radius 2 is 1.76 bits per heavy atom. The number of carbonyl (C=O) groups excluding carboxylic acids is 1. The molecular weight excluding hydrogens is 322 g/mol. The fraction of sp³-hybridized carbons (Fsp3) is 0.105. The number of nitro benzene ring substituents is 1. The average molecular weight is 337 g/mol. The Kier molecular flexibility index (Phi) is 4.61. The molecule has 0 aliphatic rings. The Balaban J connectivity index is 1.76. The largest absolute Gasteiger partial charge is 0.497 e. The third-order valence-corrected chi connectivity index (χ3v) is 3.80. The van der Waals surface area contributed by atoms with E-state index in [1.165, 1.54) is 18.2 Å². The van der Waals surface area contributed by atoms with Crippen LogP contribution in [0.25, 0.3) is 10.8 Å². The quantitative estimate of drug-likeness (QED) is 0.398. The number of para-hydroxylation sites is 1. The van der Waals surface area contributed by atoms with E-state index in [-0.39, 0.29) is 17.9 Å². The number of fused-ring (bicyclic) bond motifs is 1. The van der Waals surface area contributed by atoms with Crippen molar-refractivity contribution in [2.24, 2.45) is 0 Å². The maximum atomic E-state index is 12.1. The van der Waals surface area contributed by atoms with Crippen LogP contribution in [0.2, 0.25) is 0 Å². The third kappa shape index (κ3) is 3.58. The van der Waals surface area contributed by atoms with E-state index in [2.05, 4.69) is 0 Å². The van der Waals surface area contributed by atoms with Crippen molar-refractivity contribution in [2.45, 2.75) is 6.61 Å². The molecule has 0 saturated heterocycles. The van der Waals surface area contributed by atoms with Crippen molar-refractivity contribution in [1.29, 1.82) is 0 Å². The first-order chi connectivity index (χ1) is 12.1. The molecule has 0 spiro atoms. The zero-order valence-corrected chi connectivity index (χ0v) is 13.5. The van der Waals surface area contributed by atoms with E-state index in [4.69, 9.17) is 9.47 Å². The topological polar surface area (TPSA) is 78.7 Å². The molecule has 0 aromatic heterocycles. The van der Waals surface area contributed by atoms with Gasteiger partial charge in [-0.1, -0.05) is 30.3 Å². The van der Waals surface area contributed by atoms with Crippen LogP contribution in [-0.4, -0.2) is 18.0 Å². The lowest BCUT2D eigenvalue weighted by atomic mass is 10.1. The minimum Gasteiger partial charge on any atom is -0.497 e. The molecule has 0 unspecified atom stereocenters. The maximum absolute atomic E-state index is 12.1. The number of hydrogen-bond acceptors (Lipinski definition) is 5. The second-order valence-corrected chi connectivity index (χ2v) is 5.40. The number of esters is 1. The maximum Gasteiger partial charge on any atom is 0.345 e. The highest BCUT2D eigenvalue weighted by Gasteiger charge is 2.20. The van der Waals surface area contributed by atoms with Crippen LogP contribution < -0.4 is 4.74 Å². The first-order valence-corrected chi connectivity index (χ1v) is 7.56. The van der Waals surface area contributed by atoms with E-state index in [0.717, 1.165) is 22.1 Å². The smallest absolute Gasteiger partial charge is 0.345 e. The van der Waals surface area contributed by atoms with Gasteiger partial charge in [-0.15, -0.1) is 0 Å².